The molecule has 0 unspecified atom stereocenters. The molecule has 1 rings (SSSR count). The molecule has 0 aliphatic carbocycles. The zero-order chi connectivity index (χ0) is 3.54. The molecule has 0 fully saturated rings. The standard InChI is InChI=1S/C2H3N3.K.H2O/c1-3-2-5-4-1;;/h1-2H,(H,3,4,5);;1H2. The van der Waals surface area contributed by atoms with Crippen molar-refractivity contribution in [2.45, 2.75) is 0 Å². The predicted octanol–water partition coefficient (Wildman–Crippen LogP) is -1.40. The first-order chi connectivity index (χ1) is 2.50. The molecule has 7 heavy (non-hydrogen) atoms. The van der Waals surface area contributed by atoms with Crippen molar-refractivity contribution in [3.05, 3.63) is 12.7 Å². The fraction of sp³-hybridized carbons (Fsp3) is 0. The molecule has 0 atom stereocenters. The third kappa shape index (κ3) is 4.59. The van der Waals surface area contributed by atoms with E-state index >= 15 is 0 Å². The summed E-state index contributed by atoms with van der Waals surface area (Å²) < 4.78 is 0. The van der Waals surface area contributed by atoms with Crippen molar-refractivity contribution >= 4 is 51.4 Å². The maximum atomic E-state index is 3.56. The van der Waals surface area contributed by atoms with E-state index in [1.807, 2.05) is 0 Å². The Morgan fingerprint density at radius 2 is 2.14 bits per heavy atom. The molecule has 3 N–H and O–H groups in total. The number of nitrogens with one attached hydrogen (secondary N) is 1. The summed E-state index contributed by atoms with van der Waals surface area (Å²) in [6, 6.07) is 0. The largest absolute Gasteiger partial charge is 0.412 e. The average molecular weight is 126 g/mol. The van der Waals surface area contributed by atoms with Gasteiger partial charge in [-0.2, -0.15) is 5.10 Å². The quantitative estimate of drug-likeness (QED) is 0.434. The van der Waals surface area contributed by atoms with Crippen molar-refractivity contribution in [2.75, 3.05) is 0 Å². The molecule has 0 bridgehead atoms. The molecule has 0 saturated heterocycles. The van der Waals surface area contributed by atoms with E-state index in [1.54, 1.807) is 0 Å². The van der Waals surface area contributed by atoms with E-state index in [1.165, 1.54) is 12.7 Å². The monoisotopic (exact) mass is 126 g/mol. The second-order valence-electron chi connectivity index (χ2n) is 0.652. The van der Waals surface area contributed by atoms with Crippen molar-refractivity contribution in [2.24, 2.45) is 0 Å². The maximum absolute atomic E-state index is 3.56. The van der Waals surface area contributed by atoms with Crippen LogP contribution in [0.4, 0.5) is 0 Å². The summed E-state index contributed by atoms with van der Waals surface area (Å²) in [5.41, 5.74) is 0. The van der Waals surface area contributed by atoms with Crippen LogP contribution >= 0.6 is 0 Å². The SMILES string of the molecule is O.[K].c1nc[nH]n1. The predicted molar refractivity (Wildman–Crippen MR) is 25.8 cm³/mol. The van der Waals surface area contributed by atoms with E-state index in [0.717, 1.165) is 0 Å². The van der Waals surface area contributed by atoms with Crippen molar-refractivity contribution in [1.82, 2.24) is 15.2 Å². The summed E-state index contributed by atoms with van der Waals surface area (Å²) in [6.07, 6.45) is 2.96. The summed E-state index contributed by atoms with van der Waals surface area (Å²) in [6.45, 7) is 0. The molecule has 4 nitrogen and oxygen atoms in total. The van der Waals surface area contributed by atoms with E-state index in [-0.39, 0.29) is 56.9 Å². The second kappa shape index (κ2) is 6.74. The van der Waals surface area contributed by atoms with Crippen molar-refractivity contribution in [1.29, 1.82) is 0 Å². The molecule has 1 aromatic heterocycles. The van der Waals surface area contributed by atoms with E-state index < -0.39 is 0 Å². The molecule has 5 heteroatoms. The smallest absolute Gasteiger partial charge is 0.137 e. The summed E-state index contributed by atoms with van der Waals surface area (Å²) in [5.74, 6) is 0. The minimum Gasteiger partial charge on any atom is -0.412 e. The third-order valence-corrected chi connectivity index (χ3v) is 0.331. The first kappa shape index (κ1) is 10.7. The molecule has 0 aromatic carbocycles. The van der Waals surface area contributed by atoms with Crippen LogP contribution < -0.4 is 0 Å². The Morgan fingerprint density at radius 3 is 2.29 bits per heavy atom. The molecule has 0 aliphatic rings. The average Bonchev–Trinajstić information content (AvgIpc) is 1.76. The Balaban J connectivity index is 0. The number of nitrogens with zero attached hydrogens (tertiary/aromatic N) is 2. The van der Waals surface area contributed by atoms with Gasteiger partial charge in [-0.05, 0) is 0 Å². The number of hydrogen-bond acceptors (Lipinski definition) is 2. The summed E-state index contributed by atoms with van der Waals surface area (Å²) >= 11 is 0. The zero-order valence-electron chi connectivity index (χ0n) is 4.05. The summed E-state index contributed by atoms with van der Waals surface area (Å²) in [4.78, 5) is 3.56. The number of hydrogen-bond donors (Lipinski definition) is 1. The van der Waals surface area contributed by atoms with Crippen LogP contribution in [0.3, 0.4) is 0 Å². The van der Waals surface area contributed by atoms with Crippen LogP contribution in [-0.4, -0.2) is 72.0 Å². The van der Waals surface area contributed by atoms with E-state index in [0.29, 0.717) is 0 Å². The molecule has 1 heterocycles. The Bertz CT molecular complexity index is 69.4. The van der Waals surface area contributed by atoms with Crippen LogP contribution in [-0.2, 0) is 0 Å². The van der Waals surface area contributed by atoms with Gasteiger partial charge in [0.1, 0.15) is 12.7 Å². The first-order valence-corrected chi connectivity index (χ1v) is 1.29. The number of aromatic nitrogens is 3. The summed E-state index contributed by atoms with van der Waals surface area (Å²) in [7, 11) is 0. The molecule has 0 aliphatic heterocycles. The molecule has 1 radical (unpaired) electrons. The molecular formula is C2H5KN3O. The van der Waals surface area contributed by atoms with E-state index in [4.69, 9.17) is 0 Å². The Kier molecular flexibility index (Phi) is 10.3. The van der Waals surface area contributed by atoms with Gasteiger partial charge in [-0.3, -0.25) is 5.10 Å². The molecule has 0 amide bonds. The number of rotatable bonds is 0. The van der Waals surface area contributed by atoms with Gasteiger partial charge in [0.15, 0.2) is 0 Å². The molecule has 0 saturated carbocycles. The fourth-order valence-corrected chi connectivity index (χ4v) is 0.167. The Hall–Kier alpha value is 0.736. The molecular weight excluding hydrogens is 121 g/mol. The molecule has 35 valence electrons. The van der Waals surface area contributed by atoms with Gasteiger partial charge in [0, 0.05) is 51.4 Å². The van der Waals surface area contributed by atoms with Gasteiger partial charge in [-0.15, -0.1) is 0 Å². The van der Waals surface area contributed by atoms with Crippen molar-refractivity contribution in [3.8, 4) is 0 Å². The first-order valence-electron chi connectivity index (χ1n) is 1.29. The van der Waals surface area contributed by atoms with Crippen LogP contribution in [0, 0.1) is 0 Å². The molecule has 1 aromatic rings. The molecule has 0 spiro atoms. The maximum Gasteiger partial charge on any atom is 0.137 e. The van der Waals surface area contributed by atoms with Gasteiger partial charge < -0.3 is 5.48 Å². The van der Waals surface area contributed by atoms with Crippen LogP contribution in [0.5, 0.6) is 0 Å². The van der Waals surface area contributed by atoms with Crippen LogP contribution in [0.1, 0.15) is 0 Å². The van der Waals surface area contributed by atoms with E-state index in [9.17, 15) is 0 Å². The minimum absolute atomic E-state index is 0. The second-order valence-corrected chi connectivity index (χ2v) is 0.652. The van der Waals surface area contributed by atoms with Crippen molar-refractivity contribution < 1.29 is 5.48 Å². The van der Waals surface area contributed by atoms with Gasteiger partial charge in [0.2, 0.25) is 0 Å². The fourth-order valence-electron chi connectivity index (χ4n) is 0.167. The van der Waals surface area contributed by atoms with Crippen LogP contribution in [0.15, 0.2) is 12.7 Å². The Labute approximate surface area is 83.5 Å². The van der Waals surface area contributed by atoms with Gasteiger partial charge >= 0.3 is 0 Å². The van der Waals surface area contributed by atoms with Crippen molar-refractivity contribution in [3.63, 3.8) is 0 Å². The zero-order valence-corrected chi connectivity index (χ0v) is 7.17. The van der Waals surface area contributed by atoms with Crippen LogP contribution in [0.25, 0.3) is 0 Å². The topological polar surface area (TPSA) is 73.1 Å². The number of H-pyrrole nitrogens is 1. The van der Waals surface area contributed by atoms with E-state index in [2.05, 4.69) is 15.2 Å². The third-order valence-electron chi connectivity index (χ3n) is 0.331. The van der Waals surface area contributed by atoms with Gasteiger partial charge in [-0.1, -0.05) is 0 Å². The van der Waals surface area contributed by atoms with Gasteiger partial charge in [-0.25, -0.2) is 4.98 Å². The normalized spacial score (nSPS) is 5.71. The van der Waals surface area contributed by atoms with Gasteiger partial charge in [0.25, 0.3) is 0 Å². The van der Waals surface area contributed by atoms with Gasteiger partial charge in [0.05, 0.1) is 0 Å². The number of aromatic amines is 1. The minimum atomic E-state index is 0. The summed E-state index contributed by atoms with van der Waals surface area (Å²) in [5, 5.41) is 5.99. The van der Waals surface area contributed by atoms with Crippen LogP contribution in [0.2, 0.25) is 0 Å². The Morgan fingerprint density at radius 1 is 1.43 bits per heavy atom.